The maximum atomic E-state index is 12.3. The number of hydrogen-bond acceptors (Lipinski definition) is 4. The van der Waals surface area contributed by atoms with Crippen LogP contribution in [-0.4, -0.2) is 25.2 Å². The van der Waals surface area contributed by atoms with Gasteiger partial charge in [-0.1, -0.05) is 36.4 Å². The van der Waals surface area contributed by atoms with E-state index < -0.39 is 5.91 Å². The summed E-state index contributed by atoms with van der Waals surface area (Å²) in [7, 11) is 0. The minimum atomic E-state index is -0.435. The van der Waals surface area contributed by atoms with E-state index in [9.17, 15) is 9.59 Å². The van der Waals surface area contributed by atoms with Crippen molar-refractivity contribution in [3.8, 4) is 11.5 Å². The number of ether oxygens (including phenoxy) is 2. The molecule has 3 rings (SSSR count). The lowest BCUT2D eigenvalue weighted by atomic mass is 9.88. The van der Waals surface area contributed by atoms with Crippen LogP contribution in [0.3, 0.4) is 0 Å². The Morgan fingerprint density at radius 3 is 2.56 bits per heavy atom. The molecule has 0 spiro atoms. The molecular formula is C19H20N2O4. The minimum absolute atomic E-state index is 0.121. The average molecular weight is 340 g/mol. The Balaban J connectivity index is 1.79. The molecule has 0 fully saturated rings. The second kappa shape index (κ2) is 7.70. The highest BCUT2D eigenvalue weighted by Crippen LogP contribution is 2.37. The van der Waals surface area contributed by atoms with Crippen LogP contribution in [0.2, 0.25) is 0 Å². The Morgan fingerprint density at radius 1 is 1.04 bits per heavy atom. The molecule has 2 amide bonds. The lowest BCUT2D eigenvalue weighted by molar-refractivity contribution is -0.121. The number of nitrogens with one attached hydrogen (secondary N) is 1. The third-order valence-corrected chi connectivity index (χ3v) is 4.08. The number of carbonyl (C=O) groups excluding carboxylic acids is 2. The van der Waals surface area contributed by atoms with Gasteiger partial charge in [0.25, 0.3) is 0 Å². The van der Waals surface area contributed by atoms with Gasteiger partial charge in [-0.3, -0.25) is 9.59 Å². The van der Waals surface area contributed by atoms with Crippen LogP contribution in [0, 0.1) is 0 Å². The summed E-state index contributed by atoms with van der Waals surface area (Å²) >= 11 is 0. The summed E-state index contributed by atoms with van der Waals surface area (Å²) in [5.41, 5.74) is 7.10. The molecule has 0 saturated heterocycles. The summed E-state index contributed by atoms with van der Waals surface area (Å²) in [6, 6.07) is 15.5. The fraction of sp³-hybridized carbons (Fsp3) is 0.263. The van der Waals surface area contributed by atoms with Crippen molar-refractivity contribution >= 4 is 11.8 Å². The van der Waals surface area contributed by atoms with Crippen molar-refractivity contribution in [2.45, 2.75) is 18.8 Å². The SMILES string of the molecule is NC(=O)CCNC(=O)CC(c1ccccc1)c1ccc2c(c1)OCO2. The zero-order valence-electron chi connectivity index (χ0n) is 13.7. The van der Waals surface area contributed by atoms with Crippen LogP contribution in [0.4, 0.5) is 0 Å². The lowest BCUT2D eigenvalue weighted by Gasteiger charge is -2.18. The van der Waals surface area contributed by atoms with Crippen molar-refractivity contribution in [2.24, 2.45) is 5.73 Å². The summed E-state index contributed by atoms with van der Waals surface area (Å²) < 4.78 is 10.8. The topological polar surface area (TPSA) is 90.7 Å². The molecular weight excluding hydrogens is 320 g/mol. The predicted molar refractivity (Wildman–Crippen MR) is 92.3 cm³/mol. The minimum Gasteiger partial charge on any atom is -0.454 e. The highest BCUT2D eigenvalue weighted by Gasteiger charge is 2.21. The molecule has 1 aliphatic heterocycles. The van der Waals surface area contributed by atoms with E-state index in [0.29, 0.717) is 11.5 Å². The summed E-state index contributed by atoms with van der Waals surface area (Å²) in [6.45, 7) is 0.458. The Kier molecular flexibility index (Phi) is 5.18. The van der Waals surface area contributed by atoms with E-state index in [-0.39, 0.29) is 38.0 Å². The van der Waals surface area contributed by atoms with Crippen LogP contribution in [0.5, 0.6) is 11.5 Å². The zero-order valence-corrected chi connectivity index (χ0v) is 13.7. The van der Waals surface area contributed by atoms with Crippen molar-refractivity contribution in [1.29, 1.82) is 0 Å². The van der Waals surface area contributed by atoms with Gasteiger partial charge in [-0.15, -0.1) is 0 Å². The van der Waals surface area contributed by atoms with E-state index in [0.717, 1.165) is 11.1 Å². The molecule has 0 saturated carbocycles. The van der Waals surface area contributed by atoms with Gasteiger partial charge < -0.3 is 20.5 Å². The van der Waals surface area contributed by atoms with Gasteiger partial charge in [0.1, 0.15) is 0 Å². The maximum Gasteiger partial charge on any atom is 0.231 e. The van der Waals surface area contributed by atoms with Crippen molar-refractivity contribution in [3.05, 3.63) is 59.7 Å². The summed E-state index contributed by atoms with van der Waals surface area (Å²) in [4.78, 5) is 23.1. The van der Waals surface area contributed by atoms with Crippen LogP contribution in [0.25, 0.3) is 0 Å². The highest BCUT2D eigenvalue weighted by atomic mass is 16.7. The second-order valence-electron chi connectivity index (χ2n) is 5.85. The standard InChI is InChI=1S/C19H20N2O4/c20-18(22)8-9-21-19(23)11-15(13-4-2-1-3-5-13)14-6-7-16-17(10-14)25-12-24-16/h1-7,10,15H,8-9,11-12H2,(H2,20,22)(H,21,23). The summed E-state index contributed by atoms with van der Waals surface area (Å²) in [5, 5.41) is 2.74. The van der Waals surface area contributed by atoms with Crippen molar-refractivity contribution in [3.63, 3.8) is 0 Å². The number of benzene rings is 2. The van der Waals surface area contributed by atoms with Crippen LogP contribution < -0.4 is 20.5 Å². The van der Waals surface area contributed by atoms with Gasteiger partial charge >= 0.3 is 0 Å². The third-order valence-electron chi connectivity index (χ3n) is 4.08. The molecule has 2 aromatic carbocycles. The summed E-state index contributed by atoms with van der Waals surface area (Å²) in [5.74, 6) is 0.710. The quantitative estimate of drug-likeness (QED) is 0.806. The van der Waals surface area contributed by atoms with Crippen molar-refractivity contribution in [1.82, 2.24) is 5.32 Å². The van der Waals surface area contributed by atoms with Gasteiger partial charge in [0, 0.05) is 25.3 Å². The maximum absolute atomic E-state index is 12.3. The molecule has 1 unspecified atom stereocenters. The van der Waals surface area contributed by atoms with Crippen LogP contribution in [0.15, 0.2) is 48.5 Å². The predicted octanol–water partition coefficient (Wildman–Crippen LogP) is 1.93. The number of hydrogen-bond donors (Lipinski definition) is 2. The molecule has 0 aromatic heterocycles. The van der Waals surface area contributed by atoms with E-state index in [4.69, 9.17) is 15.2 Å². The monoisotopic (exact) mass is 340 g/mol. The van der Waals surface area contributed by atoms with Crippen molar-refractivity contribution < 1.29 is 19.1 Å². The van der Waals surface area contributed by atoms with Crippen LogP contribution in [0.1, 0.15) is 29.9 Å². The normalized spacial score (nSPS) is 13.3. The van der Waals surface area contributed by atoms with E-state index >= 15 is 0 Å². The number of primary amides is 1. The average Bonchev–Trinajstić information content (AvgIpc) is 3.08. The van der Waals surface area contributed by atoms with Gasteiger partial charge in [-0.25, -0.2) is 0 Å². The first-order chi connectivity index (χ1) is 12.1. The Morgan fingerprint density at radius 2 is 1.80 bits per heavy atom. The fourth-order valence-corrected chi connectivity index (χ4v) is 2.83. The number of carbonyl (C=O) groups is 2. The molecule has 1 aliphatic rings. The van der Waals surface area contributed by atoms with Gasteiger partial charge in [0.2, 0.25) is 18.6 Å². The number of fused-ring (bicyclic) bond motifs is 1. The highest BCUT2D eigenvalue weighted by molar-refractivity contribution is 5.79. The lowest BCUT2D eigenvalue weighted by Crippen LogP contribution is -2.29. The number of nitrogens with two attached hydrogens (primary N) is 1. The first-order valence-corrected chi connectivity index (χ1v) is 8.13. The molecule has 0 aliphatic carbocycles. The molecule has 0 bridgehead atoms. The molecule has 3 N–H and O–H groups in total. The van der Waals surface area contributed by atoms with E-state index in [2.05, 4.69) is 5.32 Å². The molecule has 0 radical (unpaired) electrons. The van der Waals surface area contributed by atoms with Crippen LogP contribution >= 0.6 is 0 Å². The van der Waals surface area contributed by atoms with E-state index in [1.807, 2.05) is 48.5 Å². The fourth-order valence-electron chi connectivity index (χ4n) is 2.83. The zero-order chi connectivity index (χ0) is 17.6. The number of amides is 2. The van der Waals surface area contributed by atoms with Gasteiger partial charge in [-0.2, -0.15) is 0 Å². The Hall–Kier alpha value is -3.02. The van der Waals surface area contributed by atoms with Gasteiger partial charge in [0.05, 0.1) is 0 Å². The Bertz CT molecular complexity index is 761. The first-order valence-electron chi connectivity index (χ1n) is 8.13. The number of rotatable bonds is 7. The van der Waals surface area contributed by atoms with Gasteiger partial charge in [-0.05, 0) is 23.3 Å². The van der Waals surface area contributed by atoms with Gasteiger partial charge in [0.15, 0.2) is 11.5 Å². The summed E-state index contributed by atoms with van der Waals surface area (Å²) in [6.07, 6.45) is 0.397. The molecule has 2 aromatic rings. The van der Waals surface area contributed by atoms with E-state index in [1.165, 1.54) is 0 Å². The molecule has 6 nitrogen and oxygen atoms in total. The Labute approximate surface area is 145 Å². The van der Waals surface area contributed by atoms with Crippen molar-refractivity contribution in [2.75, 3.05) is 13.3 Å². The molecule has 1 atom stereocenters. The molecule has 1 heterocycles. The van der Waals surface area contributed by atoms with E-state index in [1.54, 1.807) is 0 Å². The molecule has 6 heteroatoms. The third kappa shape index (κ3) is 4.29. The second-order valence-corrected chi connectivity index (χ2v) is 5.85. The molecule has 130 valence electrons. The smallest absolute Gasteiger partial charge is 0.231 e. The molecule has 25 heavy (non-hydrogen) atoms. The first kappa shape index (κ1) is 16.8. The largest absolute Gasteiger partial charge is 0.454 e. The van der Waals surface area contributed by atoms with Crippen LogP contribution in [-0.2, 0) is 9.59 Å².